The molecule has 3 rings (SSSR count). The number of methoxy groups -OCH3 is 1. The van der Waals surface area contributed by atoms with Crippen molar-refractivity contribution in [2.75, 3.05) is 25.1 Å². The average molecular weight is 313 g/mol. The van der Waals surface area contributed by atoms with Crippen LogP contribution >= 0.6 is 0 Å². The van der Waals surface area contributed by atoms with Crippen LogP contribution in [0.3, 0.4) is 0 Å². The number of anilines is 1. The van der Waals surface area contributed by atoms with Gasteiger partial charge in [-0.3, -0.25) is 4.79 Å². The molecule has 0 radical (unpaired) electrons. The fourth-order valence-electron chi connectivity index (χ4n) is 3.09. The molecular weight excluding hydrogens is 294 g/mol. The minimum Gasteiger partial charge on any atom is -0.497 e. The molecule has 1 aromatic carbocycles. The number of carbonyl (C=O) groups is 1. The summed E-state index contributed by atoms with van der Waals surface area (Å²) in [4.78, 5) is 22.5. The molecule has 1 N–H and O–H groups in total. The Morgan fingerprint density at radius 2 is 1.91 bits per heavy atom. The van der Waals surface area contributed by atoms with E-state index in [0.717, 1.165) is 5.56 Å². The predicted octanol–water partition coefficient (Wildman–Crippen LogP) is 2.11. The van der Waals surface area contributed by atoms with Crippen molar-refractivity contribution in [3.05, 3.63) is 48.3 Å². The molecule has 1 aliphatic heterocycles. The van der Waals surface area contributed by atoms with Gasteiger partial charge in [-0.2, -0.15) is 0 Å². The molecule has 0 amide bonds. The van der Waals surface area contributed by atoms with Gasteiger partial charge in [-0.15, -0.1) is 0 Å². The van der Waals surface area contributed by atoms with Crippen molar-refractivity contribution in [2.24, 2.45) is 0 Å². The van der Waals surface area contributed by atoms with Gasteiger partial charge in [-0.25, -0.2) is 9.97 Å². The van der Waals surface area contributed by atoms with Crippen LogP contribution in [0.5, 0.6) is 5.75 Å². The summed E-state index contributed by atoms with van der Waals surface area (Å²) < 4.78 is 5.24. The van der Waals surface area contributed by atoms with Crippen molar-refractivity contribution in [2.45, 2.75) is 18.3 Å². The van der Waals surface area contributed by atoms with E-state index in [0.29, 0.717) is 37.6 Å². The highest BCUT2D eigenvalue weighted by Gasteiger charge is 2.43. The van der Waals surface area contributed by atoms with E-state index in [9.17, 15) is 9.90 Å². The Morgan fingerprint density at radius 1 is 1.22 bits per heavy atom. The number of hydrogen-bond acceptors (Lipinski definition) is 5. The molecule has 0 bridgehead atoms. The van der Waals surface area contributed by atoms with Gasteiger partial charge in [0.25, 0.3) is 0 Å². The first-order valence-corrected chi connectivity index (χ1v) is 7.55. The summed E-state index contributed by atoms with van der Waals surface area (Å²) in [5.74, 6) is 0.536. The number of aliphatic carboxylic acids is 1. The summed E-state index contributed by atoms with van der Waals surface area (Å²) in [6, 6.07) is 9.12. The summed E-state index contributed by atoms with van der Waals surface area (Å²) in [6.07, 6.45) is 4.41. The molecule has 23 heavy (non-hydrogen) atoms. The summed E-state index contributed by atoms with van der Waals surface area (Å²) in [5, 5.41) is 9.87. The van der Waals surface area contributed by atoms with E-state index in [4.69, 9.17) is 4.74 Å². The first kappa shape index (κ1) is 15.3. The molecule has 1 aromatic heterocycles. The topological polar surface area (TPSA) is 75.6 Å². The van der Waals surface area contributed by atoms with Crippen molar-refractivity contribution in [3.63, 3.8) is 0 Å². The Hall–Kier alpha value is -2.63. The van der Waals surface area contributed by atoms with E-state index >= 15 is 0 Å². The number of carboxylic acid groups (broad SMARTS) is 1. The van der Waals surface area contributed by atoms with Gasteiger partial charge in [-0.1, -0.05) is 12.1 Å². The molecule has 120 valence electrons. The molecule has 0 aliphatic carbocycles. The third kappa shape index (κ3) is 2.84. The average Bonchev–Trinajstić information content (AvgIpc) is 2.62. The maximum absolute atomic E-state index is 12.0. The molecule has 0 atom stereocenters. The highest BCUT2D eigenvalue weighted by Crippen LogP contribution is 2.37. The zero-order chi connectivity index (χ0) is 16.3. The summed E-state index contributed by atoms with van der Waals surface area (Å²) in [5.41, 5.74) is -0.0993. The lowest BCUT2D eigenvalue weighted by molar-refractivity contribution is -0.144. The fourth-order valence-corrected chi connectivity index (χ4v) is 3.09. The molecule has 0 unspecified atom stereocenters. The molecule has 6 heteroatoms. The first-order valence-electron chi connectivity index (χ1n) is 7.55. The molecule has 2 heterocycles. The van der Waals surface area contributed by atoms with Gasteiger partial charge in [0, 0.05) is 25.5 Å². The maximum Gasteiger partial charge on any atom is 0.314 e. The monoisotopic (exact) mass is 313 g/mol. The fraction of sp³-hybridized carbons (Fsp3) is 0.353. The van der Waals surface area contributed by atoms with Gasteiger partial charge in [0.2, 0.25) is 5.95 Å². The number of aromatic nitrogens is 2. The van der Waals surface area contributed by atoms with Gasteiger partial charge in [0.05, 0.1) is 12.5 Å². The smallest absolute Gasteiger partial charge is 0.314 e. The molecule has 1 fully saturated rings. The standard InChI is InChI=1S/C17H19N3O3/c1-23-14-5-2-4-13(12-14)17(15(21)22)6-10-20(11-7-17)16-18-8-3-9-19-16/h2-5,8-9,12H,6-7,10-11H2,1H3,(H,21,22). The van der Waals surface area contributed by atoms with Crippen molar-refractivity contribution < 1.29 is 14.6 Å². The van der Waals surface area contributed by atoms with Crippen LogP contribution < -0.4 is 9.64 Å². The molecule has 6 nitrogen and oxygen atoms in total. The molecule has 1 aliphatic rings. The number of benzene rings is 1. The molecule has 2 aromatic rings. The highest BCUT2D eigenvalue weighted by atomic mass is 16.5. The predicted molar refractivity (Wildman–Crippen MR) is 85.8 cm³/mol. The maximum atomic E-state index is 12.0. The van der Waals surface area contributed by atoms with Crippen molar-refractivity contribution in [3.8, 4) is 5.75 Å². The first-order chi connectivity index (χ1) is 11.2. The lowest BCUT2D eigenvalue weighted by atomic mass is 9.73. The third-order valence-electron chi connectivity index (χ3n) is 4.48. The Balaban J connectivity index is 1.86. The molecule has 0 saturated carbocycles. The Labute approximate surface area is 134 Å². The second kappa shape index (κ2) is 6.24. The largest absolute Gasteiger partial charge is 0.497 e. The van der Waals surface area contributed by atoms with Crippen LogP contribution in [0, 0.1) is 0 Å². The lowest BCUT2D eigenvalue weighted by Gasteiger charge is -2.39. The summed E-state index contributed by atoms with van der Waals surface area (Å²) in [7, 11) is 1.59. The molecular formula is C17H19N3O3. The third-order valence-corrected chi connectivity index (χ3v) is 4.48. The van der Waals surface area contributed by atoms with E-state index in [1.807, 2.05) is 29.2 Å². The SMILES string of the molecule is COc1cccc(C2(C(=O)O)CCN(c3ncccn3)CC2)c1. The Morgan fingerprint density at radius 3 is 2.52 bits per heavy atom. The van der Waals surface area contributed by atoms with Crippen LogP contribution in [0.4, 0.5) is 5.95 Å². The number of ether oxygens (including phenoxy) is 1. The van der Waals surface area contributed by atoms with Crippen LogP contribution in [0.25, 0.3) is 0 Å². The number of rotatable bonds is 4. The normalized spacial score (nSPS) is 16.8. The number of nitrogens with zero attached hydrogens (tertiary/aromatic N) is 3. The number of hydrogen-bond donors (Lipinski definition) is 1. The van der Waals surface area contributed by atoms with E-state index in [-0.39, 0.29) is 0 Å². The zero-order valence-electron chi connectivity index (χ0n) is 13.0. The molecule has 1 saturated heterocycles. The quantitative estimate of drug-likeness (QED) is 0.931. The van der Waals surface area contributed by atoms with Crippen LogP contribution in [0.1, 0.15) is 18.4 Å². The van der Waals surface area contributed by atoms with Crippen molar-refractivity contribution >= 4 is 11.9 Å². The van der Waals surface area contributed by atoms with Crippen LogP contribution in [0.15, 0.2) is 42.7 Å². The van der Waals surface area contributed by atoms with Gasteiger partial charge in [0.1, 0.15) is 5.75 Å². The van der Waals surface area contributed by atoms with Gasteiger partial charge >= 0.3 is 5.97 Å². The van der Waals surface area contributed by atoms with Crippen molar-refractivity contribution in [1.82, 2.24) is 9.97 Å². The van der Waals surface area contributed by atoms with Crippen LogP contribution in [-0.2, 0) is 10.2 Å². The van der Waals surface area contributed by atoms with Crippen molar-refractivity contribution in [1.29, 1.82) is 0 Å². The lowest BCUT2D eigenvalue weighted by Crippen LogP contribution is -2.47. The summed E-state index contributed by atoms with van der Waals surface area (Å²) >= 11 is 0. The second-order valence-electron chi connectivity index (χ2n) is 5.66. The van der Waals surface area contributed by atoms with Crippen LogP contribution in [0.2, 0.25) is 0 Å². The van der Waals surface area contributed by atoms with E-state index in [1.165, 1.54) is 0 Å². The minimum absolute atomic E-state index is 0.508. The number of piperidine rings is 1. The molecule has 0 spiro atoms. The Kier molecular flexibility index (Phi) is 4.14. The summed E-state index contributed by atoms with van der Waals surface area (Å²) in [6.45, 7) is 1.21. The highest BCUT2D eigenvalue weighted by molar-refractivity contribution is 5.82. The minimum atomic E-state index is -0.889. The van der Waals surface area contributed by atoms with E-state index < -0.39 is 11.4 Å². The zero-order valence-corrected chi connectivity index (χ0v) is 13.0. The van der Waals surface area contributed by atoms with Gasteiger partial charge in [0.15, 0.2) is 0 Å². The second-order valence-corrected chi connectivity index (χ2v) is 5.66. The van der Waals surface area contributed by atoms with Gasteiger partial charge < -0.3 is 14.7 Å². The van der Waals surface area contributed by atoms with Gasteiger partial charge in [-0.05, 0) is 36.6 Å². The van der Waals surface area contributed by atoms with E-state index in [1.54, 1.807) is 25.6 Å². The van der Waals surface area contributed by atoms with Crippen LogP contribution in [-0.4, -0.2) is 41.2 Å². The number of carboxylic acids is 1. The van der Waals surface area contributed by atoms with E-state index in [2.05, 4.69) is 9.97 Å². The Bertz CT molecular complexity index is 682.